The van der Waals surface area contributed by atoms with Crippen LogP contribution in [0.1, 0.15) is 25.3 Å². The normalized spacial score (nSPS) is 14.2. The fraction of sp³-hybridized carbons (Fsp3) is 0.391. The van der Waals surface area contributed by atoms with Crippen molar-refractivity contribution in [2.45, 2.75) is 36.1 Å². The third kappa shape index (κ3) is 5.86. The number of methoxy groups -OCH3 is 1. The Hall–Kier alpha value is -2.91. The molecule has 0 heterocycles. The van der Waals surface area contributed by atoms with E-state index in [1.807, 2.05) is 30.3 Å². The Balaban J connectivity index is 2.28. The van der Waals surface area contributed by atoms with Gasteiger partial charge in [0, 0.05) is 14.1 Å². The van der Waals surface area contributed by atoms with Gasteiger partial charge >= 0.3 is 5.97 Å². The lowest BCUT2D eigenvalue weighted by molar-refractivity contribution is -0.146. The monoisotopic (exact) mass is 462 g/mol. The molecule has 9 heteroatoms. The Labute approximate surface area is 189 Å². The van der Waals surface area contributed by atoms with E-state index in [2.05, 4.69) is 0 Å². The lowest BCUT2D eigenvalue weighted by atomic mass is 9.95. The van der Waals surface area contributed by atoms with Crippen molar-refractivity contribution in [1.29, 1.82) is 0 Å². The number of rotatable bonds is 10. The van der Waals surface area contributed by atoms with Gasteiger partial charge < -0.3 is 20.1 Å². The van der Waals surface area contributed by atoms with Gasteiger partial charge in [-0.05, 0) is 35.7 Å². The van der Waals surface area contributed by atoms with E-state index in [4.69, 9.17) is 15.2 Å². The van der Waals surface area contributed by atoms with E-state index >= 15 is 0 Å². The first-order chi connectivity index (χ1) is 15.0. The summed E-state index contributed by atoms with van der Waals surface area (Å²) in [6.45, 7) is 1.60. The van der Waals surface area contributed by atoms with E-state index in [9.17, 15) is 18.0 Å². The van der Waals surface area contributed by atoms with Crippen LogP contribution in [0.3, 0.4) is 0 Å². The van der Waals surface area contributed by atoms with Crippen molar-refractivity contribution < 1.29 is 27.5 Å². The number of ether oxygens (including phenoxy) is 2. The van der Waals surface area contributed by atoms with E-state index in [-0.39, 0.29) is 17.9 Å². The van der Waals surface area contributed by atoms with E-state index in [0.717, 1.165) is 5.56 Å². The second-order valence-corrected chi connectivity index (χ2v) is 10.1. The van der Waals surface area contributed by atoms with E-state index < -0.39 is 38.9 Å². The first kappa shape index (κ1) is 25.4. The predicted molar refractivity (Wildman–Crippen MR) is 120 cm³/mol. The standard InChI is InChI=1S/C23H30N2O6S/c1-17(14-22(27)31-16-18-8-6-5-7-9-18)23(24,15-21(26)25(2)3)32(28,29)20-12-10-19(30-4)11-13-20/h5-13,17H,14-16,24H2,1-4H3. The van der Waals surface area contributed by atoms with Gasteiger partial charge in [-0.2, -0.15) is 0 Å². The van der Waals surface area contributed by atoms with Crippen LogP contribution in [-0.2, 0) is 30.8 Å². The average molecular weight is 463 g/mol. The molecule has 2 atom stereocenters. The highest BCUT2D eigenvalue weighted by atomic mass is 32.2. The van der Waals surface area contributed by atoms with Gasteiger partial charge in [-0.1, -0.05) is 37.3 Å². The minimum absolute atomic E-state index is 0.0585. The van der Waals surface area contributed by atoms with E-state index in [1.54, 1.807) is 0 Å². The zero-order valence-electron chi connectivity index (χ0n) is 18.8. The predicted octanol–water partition coefficient (Wildman–Crippen LogP) is 2.37. The molecule has 2 unspecified atom stereocenters. The van der Waals surface area contributed by atoms with Crippen molar-refractivity contribution in [3.8, 4) is 5.75 Å². The molecule has 8 nitrogen and oxygen atoms in total. The van der Waals surface area contributed by atoms with Crippen LogP contribution in [-0.4, -0.2) is 51.3 Å². The summed E-state index contributed by atoms with van der Waals surface area (Å²) in [5, 5.41) is 0. The Kier molecular flexibility index (Phi) is 8.40. The highest BCUT2D eigenvalue weighted by Crippen LogP contribution is 2.34. The molecule has 0 saturated heterocycles. The quantitative estimate of drug-likeness (QED) is 0.539. The third-order valence-electron chi connectivity index (χ3n) is 5.35. The zero-order valence-corrected chi connectivity index (χ0v) is 19.6. The van der Waals surface area contributed by atoms with E-state index in [1.165, 1.54) is 57.3 Å². The number of nitrogens with two attached hydrogens (primary N) is 1. The summed E-state index contributed by atoms with van der Waals surface area (Å²) in [4.78, 5) is 24.1. The van der Waals surface area contributed by atoms with Gasteiger partial charge in [-0.25, -0.2) is 8.42 Å². The molecule has 0 aromatic heterocycles. The molecule has 174 valence electrons. The Morgan fingerprint density at radius 1 is 1.06 bits per heavy atom. The van der Waals surface area contributed by atoms with Crippen LogP contribution in [0.4, 0.5) is 0 Å². The van der Waals surface area contributed by atoms with Crippen molar-refractivity contribution >= 4 is 21.7 Å². The number of sulfone groups is 1. The highest BCUT2D eigenvalue weighted by molar-refractivity contribution is 7.92. The zero-order chi connectivity index (χ0) is 23.9. The largest absolute Gasteiger partial charge is 0.497 e. The molecule has 0 saturated carbocycles. The second kappa shape index (κ2) is 10.6. The van der Waals surface area contributed by atoms with Crippen molar-refractivity contribution in [3.05, 3.63) is 60.2 Å². The molecular weight excluding hydrogens is 432 g/mol. The number of carbonyl (C=O) groups excluding carboxylic acids is 2. The minimum atomic E-state index is -4.20. The number of hydrogen-bond donors (Lipinski definition) is 1. The summed E-state index contributed by atoms with van der Waals surface area (Å²) in [6.07, 6.45) is -0.749. The van der Waals surface area contributed by atoms with E-state index in [0.29, 0.717) is 5.75 Å². The molecule has 0 aliphatic carbocycles. The molecule has 0 radical (unpaired) electrons. The molecule has 0 spiro atoms. The highest BCUT2D eigenvalue weighted by Gasteiger charge is 2.48. The number of carbonyl (C=O) groups is 2. The van der Waals surface area contributed by atoms with Crippen molar-refractivity contribution in [2.24, 2.45) is 11.7 Å². The van der Waals surface area contributed by atoms with Crippen LogP contribution in [0, 0.1) is 5.92 Å². The average Bonchev–Trinajstić information content (AvgIpc) is 2.78. The Bertz CT molecular complexity index is 1020. The molecule has 0 aliphatic rings. The molecule has 32 heavy (non-hydrogen) atoms. The van der Waals surface area contributed by atoms with Gasteiger partial charge in [0.2, 0.25) is 5.91 Å². The smallest absolute Gasteiger partial charge is 0.306 e. The maximum atomic E-state index is 13.5. The van der Waals surface area contributed by atoms with Gasteiger partial charge in [0.1, 0.15) is 17.2 Å². The van der Waals surface area contributed by atoms with Crippen molar-refractivity contribution in [3.63, 3.8) is 0 Å². The maximum Gasteiger partial charge on any atom is 0.306 e. The summed E-state index contributed by atoms with van der Waals surface area (Å²) in [7, 11) is 0.300. The lowest BCUT2D eigenvalue weighted by Crippen LogP contribution is -2.56. The van der Waals surface area contributed by atoms with Gasteiger partial charge in [-0.3, -0.25) is 9.59 Å². The maximum absolute atomic E-state index is 13.5. The molecular formula is C23H30N2O6S. The van der Waals surface area contributed by atoms with Crippen molar-refractivity contribution in [2.75, 3.05) is 21.2 Å². The summed E-state index contributed by atoms with van der Waals surface area (Å²) in [5.74, 6) is -1.48. The van der Waals surface area contributed by atoms with Gasteiger partial charge in [0.25, 0.3) is 0 Å². The molecule has 2 aromatic rings. The number of benzene rings is 2. The minimum Gasteiger partial charge on any atom is -0.497 e. The van der Waals surface area contributed by atoms with Crippen LogP contribution < -0.4 is 10.5 Å². The summed E-state index contributed by atoms with van der Waals surface area (Å²) in [5.41, 5.74) is 7.25. The molecule has 0 fully saturated rings. The van der Waals surface area contributed by atoms with Crippen LogP contribution >= 0.6 is 0 Å². The van der Waals surface area contributed by atoms with Crippen LogP contribution in [0.15, 0.2) is 59.5 Å². The number of esters is 1. The molecule has 2 N–H and O–H groups in total. The Morgan fingerprint density at radius 3 is 2.19 bits per heavy atom. The molecule has 0 bridgehead atoms. The molecule has 1 amide bonds. The number of hydrogen-bond acceptors (Lipinski definition) is 7. The second-order valence-electron chi connectivity index (χ2n) is 7.85. The van der Waals surface area contributed by atoms with Gasteiger partial charge in [0.15, 0.2) is 9.84 Å². The van der Waals surface area contributed by atoms with Crippen LogP contribution in [0.5, 0.6) is 5.75 Å². The topological polar surface area (TPSA) is 116 Å². The molecule has 0 aliphatic heterocycles. The third-order valence-corrected chi connectivity index (χ3v) is 7.79. The van der Waals surface area contributed by atoms with Gasteiger partial charge in [-0.15, -0.1) is 0 Å². The summed E-state index contributed by atoms with van der Waals surface area (Å²) >= 11 is 0. The summed E-state index contributed by atoms with van der Waals surface area (Å²) < 4.78 is 37.4. The number of nitrogens with zero attached hydrogens (tertiary/aromatic N) is 1. The molecule has 2 rings (SSSR count). The Morgan fingerprint density at radius 2 is 1.66 bits per heavy atom. The molecule has 2 aromatic carbocycles. The summed E-state index contributed by atoms with van der Waals surface area (Å²) in [6, 6.07) is 14.9. The van der Waals surface area contributed by atoms with Gasteiger partial charge in [0.05, 0.1) is 24.8 Å². The number of amides is 1. The fourth-order valence-corrected chi connectivity index (χ4v) is 4.98. The first-order valence-electron chi connectivity index (χ1n) is 10.1. The fourth-order valence-electron chi connectivity index (χ4n) is 3.12. The van der Waals surface area contributed by atoms with Crippen LogP contribution in [0.2, 0.25) is 0 Å². The van der Waals surface area contributed by atoms with Crippen LogP contribution in [0.25, 0.3) is 0 Å². The van der Waals surface area contributed by atoms with Crippen molar-refractivity contribution in [1.82, 2.24) is 4.90 Å². The SMILES string of the molecule is COc1ccc(S(=O)(=O)C(N)(CC(=O)N(C)C)C(C)CC(=O)OCc2ccccc2)cc1. The lowest BCUT2D eigenvalue weighted by Gasteiger charge is -2.35. The first-order valence-corrected chi connectivity index (χ1v) is 11.6.